The molecule has 0 saturated carbocycles. The van der Waals surface area contributed by atoms with Gasteiger partial charge in [-0.2, -0.15) is 0 Å². The smallest absolute Gasteiger partial charge is 0.335 e. The van der Waals surface area contributed by atoms with Gasteiger partial charge in [0, 0.05) is 9.88 Å². The summed E-state index contributed by atoms with van der Waals surface area (Å²) < 4.78 is 22.8. The van der Waals surface area contributed by atoms with Crippen LogP contribution < -0.4 is 10.6 Å². The maximum atomic E-state index is 11.8. The number of carboxylic acid groups (broad SMARTS) is 1. The molecular formula is C12H11BrN2O5S. The number of anilines is 1. The molecule has 21 heavy (non-hydrogen) atoms. The first kappa shape index (κ1) is 15.5. The number of sulfone groups is 1. The number of carbonyl (C=O) groups excluding carboxylic acids is 1. The predicted molar refractivity (Wildman–Crippen MR) is 80.0 cm³/mol. The molecule has 1 heterocycles. The molecule has 9 heteroatoms. The minimum Gasteiger partial charge on any atom is -0.478 e. The average molecular weight is 375 g/mol. The van der Waals surface area contributed by atoms with Crippen LogP contribution in [0.5, 0.6) is 0 Å². The van der Waals surface area contributed by atoms with Crippen molar-refractivity contribution in [3.63, 3.8) is 0 Å². The van der Waals surface area contributed by atoms with Gasteiger partial charge in [0.2, 0.25) is 0 Å². The van der Waals surface area contributed by atoms with Gasteiger partial charge in [-0.3, -0.25) is 0 Å². The van der Waals surface area contributed by atoms with E-state index in [-0.39, 0.29) is 11.3 Å². The molecule has 0 aliphatic carbocycles. The molecule has 0 fully saturated rings. The third-order valence-corrected chi connectivity index (χ3v) is 4.76. The number of amides is 2. The molecule has 1 unspecified atom stereocenters. The number of urea groups is 1. The SMILES string of the molecule is O=C(Nc1ccc(C(=O)O)cc1Br)NC1C=CS(=O)(=O)C1. The summed E-state index contributed by atoms with van der Waals surface area (Å²) in [6.07, 6.45) is 1.40. The molecule has 1 aromatic rings. The number of aromatic carboxylic acids is 1. The number of halogens is 1. The van der Waals surface area contributed by atoms with Crippen molar-refractivity contribution in [2.24, 2.45) is 0 Å². The second kappa shape index (κ2) is 5.86. The van der Waals surface area contributed by atoms with E-state index in [1.165, 1.54) is 24.3 Å². The molecule has 0 bridgehead atoms. The molecule has 3 N–H and O–H groups in total. The lowest BCUT2D eigenvalue weighted by Gasteiger charge is -2.12. The lowest BCUT2D eigenvalue weighted by atomic mass is 10.2. The van der Waals surface area contributed by atoms with Crippen LogP contribution >= 0.6 is 15.9 Å². The van der Waals surface area contributed by atoms with E-state index in [4.69, 9.17) is 5.11 Å². The number of carbonyl (C=O) groups is 2. The van der Waals surface area contributed by atoms with Crippen LogP contribution in [0.15, 0.2) is 34.2 Å². The number of nitrogens with one attached hydrogen (secondary N) is 2. The van der Waals surface area contributed by atoms with Crippen molar-refractivity contribution in [3.8, 4) is 0 Å². The van der Waals surface area contributed by atoms with E-state index >= 15 is 0 Å². The molecule has 112 valence electrons. The first-order valence-corrected chi connectivity index (χ1v) is 8.29. The molecule has 1 aromatic carbocycles. The van der Waals surface area contributed by atoms with Crippen LogP contribution in [0.2, 0.25) is 0 Å². The van der Waals surface area contributed by atoms with Crippen LogP contribution in [0, 0.1) is 0 Å². The Morgan fingerprint density at radius 3 is 2.57 bits per heavy atom. The molecular weight excluding hydrogens is 364 g/mol. The van der Waals surface area contributed by atoms with Gasteiger partial charge < -0.3 is 15.7 Å². The number of rotatable bonds is 3. The predicted octanol–water partition coefficient (Wildman–Crippen LogP) is 1.58. The van der Waals surface area contributed by atoms with Gasteiger partial charge in [-0.1, -0.05) is 0 Å². The highest BCUT2D eigenvalue weighted by Gasteiger charge is 2.23. The van der Waals surface area contributed by atoms with Gasteiger partial charge >= 0.3 is 12.0 Å². The van der Waals surface area contributed by atoms with E-state index in [0.29, 0.717) is 10.2 Å². The molecule has 2 amide bonds. The molecule has 7 nitrogen and oxygen atoms in total. The summed E-state index contributed by atoms with van der Waals surface area (Å²) in [4.78, 5) is 22.6. The third-order valence-electron chi connectivity index (χ3n) is 2.71. The molecule has 0 spiro atoms. The highest BCUT2D eigenvalue weighted by Crippen LogP contribution is 2.23. The standard InChI is InChI=1S/C12H11BrN2O5S/c13-9-5-7(11(16)17)1-2-10(9)15-12(18)14-8-3-4-21(19,20)6-8/h1-5,8H,6H2,(H,16,17)(H2,14,15,18). The van der Waals surface area contributed by atoms with E-state index in [2.05, 4.69) is 26.6 Å². The molecule has 1 atom stereocenters. The van der Waals surface area contributed by atoms with Crippen molar-refractivity contribution >= 4 is 43.5 Å². The Kier molecular flexibility index (Phi) is 4.33. The zero-order valence-corrected chi connectivity index (χ0v) is 12.9. The summed E-state index contributed by atoms with van der Waals surface area (Å²) in [6.45, 7) is 0. The van der Waals surface area contributed by atoms with Crippen LogP contribution in [0.4, 0.5) is 10.5 Å². The quantitative estimate of drug-likeness (QED) is 0.743. The lowest BCUT2D eigenvalue weighted by molar-refractivity contribution is 0.0697. The summed E-state index contributed by atoms with van der Waals surface area (Å²) in [5, 5.41) is 14.9. The number of hydrogen-bond acceptors (Lipinski definition) is 4. The van der Waals surface area contributed by atoms with Crippen LogP contribution in [0.3, 0.4) is 0 Å². The maximum Gasteiger partial charge on any atom is 0.335 e. The average Bonchev–Trinajstić information content (AvgIpc) is 2.70. The van der Waals surface area contributed by atoms with E-state index in [1.54, 1.807) is 0 Å². The molecule has 0 radical (unpaired) electrons. The summed E-state index contributed by atoms with van der Waals surface area (Å²) in [5.74, 6) is -1.24. The Labute approximate surface area is 129 Å². The minimum absolute atomic E-state index is 0.0812. The first-order chi connectivity index (χ1) is 9.77. The number of hydrogen-bond donors (Lipinski definition) is 3. The second-order valence-electron chi connectivity index (χ2n) is 4.36. The molecule has 2 rings (SSSR count). The van der Waals surface area contributed by atoms with Gasteiger partial charge in [0.15, 0.2) is 9.84 Å². The number of benzene rings is 1. The Morgan fingerprint density at radius 1 is 1.33 bits per heavy atom. The van der Waals surface area contributed by atoms with Crippen molar-refractivity contribution in [1.29, 1.82) is 0 Å². The zero-order valence-electron chi connectivity index (χ0n) is 10.5. The van der Waals surface area contributed by atoms with Gasteiger partial charge in [-0.05, 0) is 40.2 Å². The van der Waals surface area contributed by atoms with Crippen LogP contribution in [-0.2, 0) is 9.84 Å². The summed E-state index contributed by atoms with van der Waals surface area (Å²) in [7, 11) is -3.23. The van der Waals surface area contributed by atoms with E-state index in [1.807, 2.05) is 0 Å². The van der Waals surface area contributed by atoms with E-state index in [0.717, 1.165) is 5.41 Å². The fourth-order valence-corrected chi connectivity index (χ4v) is 3.46. The summed E-state index contributed by atoms with van der Waals surface area (Å²) >= 11 is 3.16. The fraction of sp³-hybridized carbons (Fsp3) is 0.167. The second-order valence-corrected chi connectivity index (χ2v) is 7.15. The molecule has 1 aliphatic rings. The lowest BCUT2D eigenvalue weighted by Crippen LogP contribution is -2.38. The van der Waals surface area contributed by atoms with Crippen molar-refractivity contribution in [2.45, 2.75) is 6.04 Å². The monoisotopic (exact) mass is 374 g/mol. The summed E-state index contributed by atoms with van der Waals surface area (Å²) in [6, 6.07) is 2.99. The van der Waals surface area contributed by atoms with Gasteiger partial charge in [0.25, 0.3) is 0 Å². The van der Waals surface area contributed by atoms with Crippen LogP contribution in [0.1, 0.15) is 10.4 Å². The molecule has 1 aliphatic heterocycles. The number of carboxylic acids is 1. The van der Waals surface area contributed by atoms with Crippen molar-refractivity contribution in [2.75, 3.05) is 11.1 Å². The summed E-state index contributed by atoms with van der Waals surface area (Å²) in [5.41, 5.74) is 0.458. The molecule has 0 saturated heterocycles. The topological polar surface area (TPSA) is 113 Å². The van der Waals surface area contributed by atoms with Crippen molar-refractivity contribution < 1.29 is 23.1 Å². The molecule has 0 aromatic heterocycles. The van der Waals surface area contributed by atoms with Gasteiger partial charge in [0.1, 0.15) is 0 Å². The fourth-order valence-electron chi connectivity index (χ4n) is 1.74. The Bertz CT molecular complexity index is 729. The van der Waals surface area contributed by atoms with Gasteiger partial charge in [-0.15, -0.1) is 0 Å². The Hall–Kier alpha value is -1.87. The van der Waals surface area contributed by atoms with Crippen LogP contribution in [0.25, 0.3) is 0 Å². The van der Waals surface area contributed by atoms with Crippen LogP contribution in [-0.4, -0.2) is 37.3 Å². The van der Waals surface area contributed by atoms with Crippen molar-refractivity contribution in [1.82, 2.24) is 5.32 Å². The normalized spacial score (nSPS) is 19.2. The minimum atomic E-state index is -3.23. The van der Waals surface area contributed by atoms with Gasteiger partial charge in [-0.25, -0.2) is 18.0 Å². The highest BCUT2D eigenvalue weighted by molar-refractivity contribution is 9.10. The van der Waals surface area contributed by atoms with E-state index in [9.17, 15) is 18.0 Å². The third kappa shape index (κ3) is 4.05. The van der Waals surface area contributed by atoms with E-state index < -0.39 is 27.9 Å². The highest BCUT2D eigenvalue weighted by atomic mass is 79.9. The Morgan fingerprint density at radius 2 is 2.05 bits per heavy atom. The maximum absolute atomic E-state index is 11.8. The first-order valence-electron chi connectivity index (χ1n) is 5.78. The van der Waals surface area contributed by atoms with Crippen molar-refractivity contribution in [3.05, 3.63) is 39.7 Å². The largest absolute Gasteiger partial charge is 0.478 e. The Balaban J connectivity index is 2.00. The van der Waals surface area contributed by atoms with Gasteiger partial charge in [0.05, 0.1) is 23.0 Å². The zero-order chi connectivity index (χ0) is 15.6.